The molecular formula is C29H31N7O2S. The zero-order valence-corrected chi connectivity index (χ0v) is 23.1. The van der Waals surface area contributed by atoms with Crippen molar-refractivity contribution in [1.82, 2.24) is 19.5 Å². The molecular weight excluding hydrogens is 510 g/mol. The number of aromatic nitrogens is 4. The van der Waals surface area contributed by atoms with E-state index in [0.29, 0.717) is 11.8 Å². The van der Waals surface area contributed by atoms with Gasteiger partial charge in [0.2, 0.25) is 11.9 Å². The zero-order valence-electron chi connectivity index (χ0n) is 22.3. The van der Waals surface area contributed by atoms with E-state index in [1.165, 1.54) is 11.8 Å². The highest BCUT2D eigenvalue weighted by Gasteiger charge is 2.14. The maximum absolute atomic E-state index is 11.5. The molecule has 5 aromatic rings. The molecule has 0 spiro atoms. The van der Waals surface area contributed by atoms with Crippen LogP contribution in [0.25, 0.3) is 11.0 Å². The number of anilines is 5. The van der Waals surface area contributed by atoms with Crippen molar-refractivity contribution in [3.05, 3.63) is 96.2 Å². The van der Waals surface area contributed by atoms with Crippen molar-refractivity contribution in [3.8, 4) is 0 Å². The van der Waals surface area contributed by atoms with E-state index in [1.54, 1.807) is 18.3 Å². The Morgan fingerprint density at radius 2 is 1.72 bits per heavy atom. The van der Waals surface area contributed by atoms with Gasteiger partial charge < -0.3 is 20.1 Å². The van der Waals surface area contributed by atoms with Crippen molar-refractivity contribution < 1.29 is 8.42 Å². The molecule has 0 aliphatic rings. The van der Waals surface area contributed by atoms with Gasteiger partial charge in [-0.3, -0.25) is 0 Å². The number of benzene rings is 3. The second-order valence-corrected chi connectivity index (χ2v) is 11.8. The Morgan fingerprint density at radius 3 is 2.44 bits per heavy atom. The van der Waals surface area contributed by atoms with Gasteiger partial charge in [-0.05, 0) is 54.4 Å². The molecule has 9 nitrogen and oxygen atoms in total. The summed E-state index contributed by atoms with van der Waals surface area (Å²) in [5.74, 6) is 1.97. The number of nitrogens with one attached hydrogen (secondary N) is 2. The number of fused-ring (bicyclic) bond motifs is 1. The van der Waals surface area contributed by atoms with Crippen LogP contribution in [-0.2, 0) is 22.6 Å². The van der Waals surface area contributed by atoms with E-state index in [4.69, 9.17) is 4.98 Å². The number of aryl methyl sites for hydroxylation is 1. The zero-order chi connectivity index (χ0) is 27.6. The average Bonchev–Trinajstić information content (AvgIpc) is 3.23. The fourth-order valence-electron chi connectivity index (χ4n) is 4.39. The Hall–Kier alpha value is -4.44. The van der Waals surface area contributed by atoms with Crippen LogP contribution < -0.4 is 15.5 Å². The van der Waals surface area contributed by atoms with Gasteiger partial charge in [-0.1, -0.05) is 42.5 Å². The van der Waals surface area contributed by atoms with Crippen LogP contribution in [-0.4, -0.2) is 41.2 Å². The summed E-state index contributed by atoms with van der Waals surface area (Å²) in [7, 11) is 0.878. The summed E-state index contributed by atoms with van der Waals surface area (Å²) in [6.45, 7) is 2.12. The second kappa shape index (κ2) is 10.7. The first-order chi connectivity index (χ1) is 18.7. The van der Waals surface area contributed by atoms with Crippen LogP contribution >= 0.6 is 0 Å². The summed E-state index contributed by atoms with van der Waals surface area (Å²) >= 11 is 0. The van der Waals surface area contributed by atoms with Crippen LogP contribution in [0.1, 0.15) is 24.1 Å². The summed E-state index contributed by atoms with van der Waals surface area (Å²) in [4.78, 5) is 15.9. The van der Waals surface area contributed by atoms with Gasteiger partial charge in [0.05, 0.1) is 22.8 Å². The van der Waals surface area contributed by atoms with Crippen molar-refractivity contribution in [2.45, 2.75) is 18.7 Å². The third-order valence-electron chi connectivity index (χ3n) is 6.52. The summed E-state index contributed by atoms with van der Waals surface area (Å²) in [5.41, 5.74) is 5.55. The quantitative estimate of drug-likeness (QED) is 0.249. The van der Waals surface area contributed by atoms with E-state index in [0.717, 1.165) is 33.9 Å². The smallest absolute Gasteiger partial charge is 0.229 e. The van der Waals surface area contributed by atoms with Gasteiger partial charge in [0.1, 0.15) is 5.82 Å². The Balaban J connectivity index is 1.33. The highest BCUT2D eigenvalue weighted by Crippen LogP contribution is 2.29. The first kappa shape index (κ1) is 26.2. The molecule has 39 heavy (non-hydrogen) atoms. The minimum atomic E-state index is -3.08. The molecule has 200 valence electrons. The molecule has 3 aromatic carbocycles. The molecule has 1 unspecified atom stereocenters. The largest absolute Gasteiger partial charge is 0.349 e. The number of nitrogens with zero attached hydrogens (tertiary/aromatic N) is 5. The average molecular weight is 542 g/mol. The molecule has 0 fully saturated rings. The number of hydrogen-bond acceptors (Lipinski definition) is 8. The standard InChI is InChI=1S/C29H31N7O2S/c1-20(22-8-6-5-7-9-22)31-29-33-25-18-24(14-15-26(25)36(29)3)35(2)27-16-17-30-28(34-27)32-23-12-10-21(11-13-23)19-39(4,37)38/h5-18,20H,19H2,1-4H3,(H,31,33)(H,30,32,34). The van der Waals surface area contributed by atoms with Crippen LogP contribution in [0, 0.1) is 0 Å². The molecule has 0 saturated carbocycles. The van der Waals surface area contributed by atoms with E-state index in [-0.39, 0.29) is 11.8 Å². The Bertz CT molecular complexity index is 1700. The maximum atomic E-state index is 11.5. The molecule has 5 rings (SSSR count). The van der Waals surface area contributed by atoms with E-state index < -0.39 is 9.84 Å². The Morgan fingerprint density at radius 1 is 0.974 bits per heavy atom. The normalized spacial score (nSPS) is 12.3. The predicted molar refractivity (Wildman–Crippen MR) is 158 cm³/mol. The van der Waals surface area contributed by atoms with Crippen LogP contribution in [0.3, 0.4) is 0 Å². The van der Waals surface area contributed by atoms with E-state index in [9.17, 15) is 8.42 Å². The molecule has 2 heterocycles. The molecule has 1 atom stereocenters. The summed E-state index contributed by atoms with van der Waals surface area (Å²) in [6.07, 6.45) is 2.92. The van der Waals surface area contributed by atoms with Crippen LogP contribution in [0.15, 0.2) is 85.1 Å². The third-order valence-corrected chi connectivity index (χ3v) is 7.38. The lowest BCUT2D eigenvalue weighted by atomic mass is 10.1. The molecule has 2 N–H and O–H groups in total. The minimum Gasteiger partial charge on any atom is -0.349 e. The van der Waals surface area contributed by atoms with Crippen LogP contribution in [0.2, 0.25) is 0 Å². The SMILES string of the molecule is CC(Nc1nc2cc(N(C)c3ccnc(Nc4ccc(CS(C)(=O)=O)cc4)n3)ccc2n1C)c1ccccc1. The van der Waals surface area contributed by atoms with Gasteiger partial charge in [-0.15, -0.1) is 0 Å². The first-order valence-electron chi connectivity index (χ1n) is 12.5. The predicted octanol–water partition coefficient (Wildman–Crippen LogP) is 5.59. The molecule has 0 saturated heterocycles. The summed E-state index contributed by atoms with van der Waals surface area (Å²) in [5, 5.41) is 6.71. The van der Waals surface area contributed by atoms with Crippen molar-refractivity contribution in [3.63, 3.8) is 0 Å². The lowest BCUT2D eigenvalue weighted by molar-refractivity contribution is 0.601. The minimum absolute atomic E-state index is 0.00822. The van der Waals surface area contributed by atoms with Gasteiger partial charge in [0.15, 0.2) is 9.84 Å². The third kappa shape index (κ3) is 6.18. The number of imidazole rings is 1. The highest BCUT2D eigenvalue weighted by molar-refractivity contribution is 7.89. The van der Waals surface area contributed by atoms with Gasteiger partial charge >= 0.3 is 0 Å². The van der Waals surface area contributed by atoms with Gasteiger partial charge in [-0.2, -0.15) is 4.98 Å². The molecule has 0 radical (unpaired) electrons. The lowest BCUT2D eigenvalue weighted by Crippen LogP contribution is -2.12. The van der Waals surface area contributed by atoms with Gasteiger partial charge in [0.25, 0.3) is 0 Å². The van der Waals surface area contributed by atoms with Crippen LogP contribution in [0.4, 0.5) is 29.1 Å². The number of rotatable bonds is 9. The molecule has 0 amide bonds. The number of hydrogen-bond donors (Lipinski definition) is 2. The Labute approximate surface area is 228 Å². The van der Waals surface area contributed by atoms with E-state index >= 15 is 0 Å². The summed E-state index contributed by atoms with van der Waals surface area (Å²) in [6, 6.07) is 25.6. The van der Waals surface area contributed by atoms with Crippen LogP contribution in [0.5, 0.6) is 0 Å². The van der Waals surface area contributed by atoms with Crippen molar-refractivity contribution in [1.29, 1.82) is 0 Å². The monoisotopic (exact) mass is 541 g/mol. The maximum Gasteiger partial charge on any atom is 0.229 e. The summed E-state index contributed by atoms with van der Waals surface area (Å²) < 4.78 is 25.1. The van der Waals surface area contributed by atoms with Crippen molar-refractivity contribution >= 4 is 50.0 Å². The molecule has 0 aliphatic heterocycles. The molecule has 0 bridgehead atoms. The number of sulfone groups is 1. The lowest BCUT2D eigenvalue weighted by Gasteiger charge is -2.19. The van der Waals surface area contributed by atoms with E-state index in [1.807, 2.05) is 67.5 Å². The highest BCUT2D eigenvalue weighted by atomic mass is 32.2. The van der Waals surface area contributed by atoms with Gasteiger partial charge in [-0.25, -0.2) is 18.4 Å². The molecule has 2 aromatic heterocycles. The fraction of sp³-hybridized carbons (Fsp3) is 0.207. The molecule has 10 heteroatoms. The first-order valence-corrected chi connectivity index (χ1v) is 14.6. The van der Waals surface area contributed by atoms with Gasteiger partial charge in [0, 0.05) is 37.9 Å². The molecule has 0 aliphatic carbocycles. The fourth-order valence-corrected chi connectivity index (χ4v) is 5.19. The van der Waals surface area contributed by atoms with Crippen molar-refractivity contribution in [2.75, 3.05) is 28.8 Å². The second-order valence-electron chi connectivity index (χ2n) is 9.63. The Kier molecular flexibility index (Phi) is 7.21. The van der Waals surface area contributed by atoms with Crippen molar-refractivity contribution in [2.24, 2.45) is 7.05 Å². The van der Waals surface area contributed by atoms with E-state index in [2.05, 4.69) is 50.3 Å². The topological polar surface area (TPSA) is 105 Å².